The van der Waals surface area contributed by atoms with Crippen LogP contribution in [0.1, 0.15) is 39.5 Å². The van der Waals surface area contributed by atoms with Gasteiger partial charge in [-0.15, -0.1) is 0 Å². The predicted molar refractivity (Wildman–Crippen MR) is 50.9 cm³/mol. The van der Waals surface area contributed by atoms with Gasteiger partial charge >= 0.3 is 0 Å². The first-order valence-corrected chi connectivity index (χ1v) is 5.07. The summed E-state index contributed by atoms with van der Waals surface area (Å²) in [6.07, 6.45) is 5.25. The lowest BCUT2D eigenvalue weighted by atomic mass is 9.84. The Bertz CT molecular complexity index is 183. The van der Waals surface area contributed by atoms with Crippen LogP contribution in [0.5, 0.6) is 0 Å². The van der Waals surface area contributed by atoms with Crippen LogP contribution >= 0.6 is 0 Å². The summed E-state index contributed by atoms with van der Waals surface area (Å²) < 4.78 is 26.0. The van der Waals surface area contributed by atoms with Gasteiger partial charge in [0.15, 0.2) is 0 Å². The summed E-state index contributed by atoms with van der Waals surface area (Å²) in [6.45, 7) is 4.24. The van der Waals surface area contributed by atoms with Gasteiger partial charge in [0.2, 0.25) is 0 Å². The summed E-state index contributed by atoms with van der Waals surface area (Å²) in [5, 5.41) is 0. The second-order valence-electron chi connectivity index (χ2n) is 4.28. The average Bonchev–Trinajstić information content (AvgIpc) is 1.98. The van der Waals surface area contributed by atoms with Gasteiger partial charge in [-0.2, -0.15) is 0 Å². The van der Waals surface area contributed by atoms with Crippen molar-refractivity contribution in [2.75, 3.05) is 0 Å². The fourth-order valence-corrected chi connectivity index (χ4v) is 1.84. The number of hydrogen-bond donors (Lipinski definition) is 0. The zero-order valence-electron chi connectivity index (χ0n) is 8.39. The van der Waals surface area contributed by atoms with Crippen molar-refractivity contribution in [3.8, 4) is 0 Å². The highest BCUT2D eigenvalue weighted by Crippen LogP contribution is 2.32. The molecule has 1 rings (SSSR count). The second kappa shape index (κ2) is 4.21. The van der Waals surface area contributed by atoms with Gasteiger partial charge in [-0.25, -0.2) is 8.78 Å². The molecule has 0 fully saturated rings. The van der Waals surface area contributed by atoms with Crippen LogP contribution in [0.15, 0.2) is 12.2 Å². The minimum absolute atomic E-state index is 0.0202. The van der Waals surface area contributed by atoms with Crippen LogP contribution in [0, 0.1) is 11.8 Å². The second-order valence-corrected chi connectivity index (χ2v) is 4.28. The molecule has 0 spiro atoms. The summed E-state index contributed by atoms with van der Waals surface area (Å²) in [5.41, 5.74) is 0. The van der Waals surface area contributed by atoms with Crippen molar-refractivity contribution < 1.29 is 8.78 Å². The normalized spacial score (nSPS) is 31.0. The standard InChI is InChI=1S/C11H18F2/c1-9(2)10-5-3-4-7-11(12,13)8-6-10/h4,7,9-10H,3,5-6,8H2,1-2H3/b7-4-. The molecule has 1 unspecified atom stereocenters. The highest BCUT2D eigenvalue weighted by Gasteiger charge is 2.28. The molecule has 2 heteroatoms. The van der Waals surface area contributed by atoms with Crippen molar-refractivity contribution in [2.24, 2.45) is 11.8 Å². The van der Waals surface area contributed by atoms with Crippen LogP contribution in [0.2, 0.25) is 0 Å². The molecule has 0 aromatic carbocycles. The van der Waals surface area contributed by atoms with Crippen molar-refractivity contribution >= 4 is 0 Å². The van der Waals surface area contributed by atoms with Gasteiger partial charge in [0, 0.05) is 6.42 Å². The molecule has 0 amide bonds. The number of halogens is 2. The topological polar surface area (TPSA) is 0 Å². The number of alkyl halides is 2. The van der Waals surface area contributed by atoms with Crippen LogP contribution < -0.4 is 0 Å². The summed E-state index contributed by atoms with van der Waals surface area (Å²) in [7, 11) is 0. The van der Waals surface area contributed by atoms with Crippen molar-refractivity contribution in [2.45, 2.75) is 45.5 Å². The van der Waals surface area contributed by atoms with Gasteiger partial charge in [0.25, 0.3) is 5.92 Å². The van der Waals surface area contributed by atoms with Crippen molar-refractivity contribution in [1.82, 2.24) is 0 Å². The predicted octanol–water partition coefficient (Wildman–Crippen LogP) is 4.02. The molecule has 0 bridgehead atoms. The Morgan fingerprint density at radius 1 is 1.31 bits per heavy atom. The highest BCUT2D eigenvalue weighted by molar-refractivity contribution is 4.97. The van der Waals surface area contributed by atoms with Crippen LogP contribution in [-0.4, -0.2) is 5.92 Å². The zero-order valence-corrected chi connectivity index (χ0v) is 8.39. The molecule has 76 valence electrons. The molecule has 0 aromatic rings. The Morgan fingerprint density at radius 2 is 2.00 bits per heavy atom. The molecule has 1 aliphatic rings. The lowest BCUT2D eigenvalue weighted by molar-refractivity contribution is 0.0332. The van der Waals surface area contributed by atoms with Crippen molar-refractivity contribution in [1.29, 1.82) is 0 Å². The lowest BCUT2D eigenvalue weighted by Crippen LogP contribution is -2.19. The Hall–Kier alpha value is -0.400. The van der Waals surface area contributed by atoms with E-state index in [4.69, 9.17) is 0 Å². The van der Waals surface area contributed by atoms with E-state index in [0.717, 1.165) is 18.9 Å². The minimum Gasteiger partial charge on any atom is -0.202 e. The fraction of sp³-hybridized carbons (Fsp3) is 0.818. The van der Waals surface area contributed by atoms with E-state index in [9.17, 15) is 8.78 Å². The minimum atomic E-state index is -2.56. The fourth-order valence-electron chi connectivity index (χ4n) is 1.84. The van der Waals surface area contributed by atoms with Crippen LogP contribution in [0.25, 0.3) is 0 Å². The van der Waals surface area contributed by atoms with E-state index in [-0.39, 0.29) is 6.42 Å². The summed E-state index contributed by atoms with van der Waals surface area (Å²) >= 11 is 0. The maximum atomic E-state index is 13.0. The first kappa shape index (κ1) is 10.7. The number of allylic oxidation sites excluding steroid dienone is 2. The molecule has 0 radical (unpaired) electrons. The molecule has 0 heterocycles. The number of rotatable bonds is 1. The van der Waals surface area contributed by atoms with Gasteiger partial charge < -0.3 is 0 Å². The SMILES string of the molecule is CC(C)C1CC/C=C\C(F)(F)CC1. The summed E-state index contributed by atoms with van der Waals surface area (Å²) in [4.78, 5) is 0. The van der Waals surface area contributed by atoms with Gasteiger partial charge in [0.05, 0.1) is 0 Å². The van der Waals surface area contributed by atoms with Crippen molar-refractivity contribution in [3.63, 3.8) is 0 Å². The summed E-state index contributed by atoms with van der Waals surface area (Å²) in [6, 6.07) is 0. The maximum absolute atomic E-state index is 13.0. The first-order chi connectivity index (χ1) is 6.01. The number of hydrogen-bond acceptors (Lipinski definition) is 0. The molecule has 13 heavy (non-hydrogen) atoms. The summed E-state index contributed by atoms with van der Waals surface area (Å²) in [5.74, 6) is -1.56. The van der Waals surface area contributed by atoms with E-state index in [0.29, 0.717) is 18.3 Å². The van der Waals surface area contributed by atoms with Crippen molar-refractivity contribution in [3.05, 3.63) is 12.2 Å². The van der Waals surface area contributed by atoms with E-state index in [1.807, 2.05) is 0 Å². The molecule has 1 atom stereocenters. The molecule has 0 saturated heterocycles. The average molecular weight is 188 g/mol. The first-order valence-electron chi connectivity index (χ1n) is 5.07. The lowest BCUT2D eigenvalue weighted by Gasteiger charge is -2.24. The quantitative estimate of drug-likeness (QED) is 0.545. The van der Waals surface area contributed by atoms with Gasteiger partial charge in [-0.05, 0) is 37.2 Å². The molecule has 0 saturated carbocycles. The Labute approximate surface area is 79.0 Å². The van der Waals surface area contributed by atoms with E-state index in [2.05, 4.69) is 13.8 Å². The third-order valence-corrected chi connectivity index (χ3v) is 2.86. The van der Waals surface area contributed by atoms with Gasteiger partial charge in [0.1, 0.15) is 0 Å². The molecule has 0 aliphatic heterocycles. The smallest absolute Gasteiger partial charge is 0.202 e. The molecule has 0 aromatic heterocycles. The largest absolute Gasteiger partial charge is 0.266 e. The maximum Gasteiger partial charge on any atom is 0.266 e. The third-order valence-electron chi connectivity index (χ3n) is 2.86. The van der Waals surface area contributed by atoms with Crippen LogP contribution in [0.3, 0.4) is 0 Å². The molecule has 0 N–H and O–H groups in total. The molecular formula is C11H18F2. The Morgan fingerprint density at radius 3 is 2.62 bits per heavy atom. The van der Waals surface area contributed by atoms with Crippen LogP contribution in [0.4, 0.5) is 8.78 Å². The van der Waals surface area contributed by atoms with Gasteiger partial charge in [-0.3, -0.25) is 0 Å². The van der Waals surface area contributed by atoms with E-state index < -0.39 is 5.92 Å². The highest BCUT2D eigenvalue weighted by atomic mass is 19.3. The monoisotopic (exact) mass is 188 g/mol. The van der Waals surface area contributed by atoms with E-state index in [1.54, 1.807) is 6.08 Å². The van der Waals surface area contributed by atoms with E-state index in [1.165, 1.54) is 0 Å². The van der Waals surface area contributed by atoms with E-state index >= 15 is 0 Å². The molecule has 1 aliphatic carbocycles. The molecule has 0 nitrogen and oxygen atoms in total. The third kappa shape index (κ3) is 3.45. The zero-order chi connectivity index (χ0) is 9.90. The van der Waals surface area contributed by atoms with Crippen LogP contribution in [-0.2, 0) is 0 Å². The Kier molecular flexibility index (Phi) is 3.46. The Balaban J connectivity index is 2.56. The van der Waals surface area contributed by atoms with Gasteiger partial charge in [-0.1, -0.05) is 19.9 Å². The molecular weight excluding hydrogens is 170 g/mol.